The molecule has 0 aliphatic heterocycles. The number of anilines is 1. The number of aryl methyl sites for hydroxylation is 1. The summed E-state index contributed by atoms with van der Waals surface area (Å²) in [5, 5.41) is 11.6. The molecule has 0 unspecified atom stereocenters. The van der Waals surface area contributed by atoms with Crippen molar-refractivity contribution in [3.63, 3.8) is 0 Å². The summed E-state index contributed by atoms with van der Waals surface area (Å²) in [7, 11) is 0. The van der Waals surface area contributed by atoms with Crippen molar-refractivity contribution in [1.82, 2.24) is 4.37 Å². The Hall–Kier alpha value is -1.47. The molecule has 7 heteroatoms. The molecule has 6 nitrogen and oxygen atoms in total. The molecule has 0 aromatic carbocycles. The molecule has 0 radical (unpaired) electrons. The van der Waals surface area contributed by atoms with Gasteiger partial charge in [0.2, 0.25) is 5.91 Å². The molecule has 1 aromatic rings. The van der Waals surface area contributed by atoms with Gasteiger partial charge < -0.3 is 16.2 Å². The van der Waals surface area contributed by atoms with E-state index in [0.29, 0.717) is 12.1 Å². The lowest BCUT2D eigenvalue weighted by Gasteiger charge is -2.08. The van der Waals surface area contributed by atoms with Crippen LogP contribution in [-0.2, 0) is 4.79 Å². The van der Waals surface area contributed by atoms with Crippen molar-refractivity contribution in [2.24, 2.45) is 5.73 Å². The van der Waals surface area contributed by atoms with Gasteiger partial charge in [0.15, 0.2) is 0 Å². The topological polar surface area (TPSA) is 105 Å². The van der Waals surface area contributed by atoms with E-state index in [4.69, 9.17) is 10.8 Å². The van der Waals surface area contributed by atoms with Gasteiger partial charge in [0, 0.05) is 0 Å². The number of hydrogen-bond acceptors (Lipinski definition) is 5. The molecule has 0 saturated heterocycles. The van der Waals surface area contributed by atoms with Gasteiger partial charge in [-0.2, -0.15) is 4.37 Å². The highest BCUT2D eigenvalue weighted by Crippen LogP contribution is 2.24. The van der Waals surface area contributed by atoms with E-state index < -0.39 is 17.9 Å². The fourth-order valence-corrected chi connectivity index (χ4v) is 1.89. The van der Waals surface area contributed by atoms with Crippen LogP contribution in [-0.4, -0.2) is 27.4 Å². The third kappa shape index (κ3) is 2.56. The monoisotopic (exact) mass is 243 g/mol. The Bertz CT molecular complexity index is 416. The van der Waals surface area contributed by atoms with Crippen molar-refractivity contribution in [3.05, 3.63) is 11.3 Å². The molecule has 0 saturated carbocycles. The summed E-state index contributed by atoms with van der Waals surface area (Å²) >= 11 is 0.942. The predicted octanol–water partition coefficient (Wildman–Crippen LogP) is 0.826. The van der Waals surface area contributed by atoms with E-state index in [0.717, 1.165) is 11.5 Å². The Morgan fingerprint density at radius 1 is 1.62 bits per heavy atom. The van der Waals surface area contributed by atoms with Crippen molar-refractivity contribution in [2.75, 3.05) is 5.32 Å². The van der Waals surface area contributed by atoms with Crippen LogP contribution in [0.25, 0.3) is 0 Å². The standard InChI is InChI=1S/C9H13N3O3S/c1-3-5(10)7(13)11-8-6(9(14)15)4(2)12-16-8/h5H,3,10H2,1-2H3,(H,11,13)(H,14,15)/t5-/m0/s1. The van der Waals surface area contributed by atoms with Crippen LogP contribution in [0.2, 0.25) is 0 Å². The molecule has 1 heterocycles. The Kier molecular flexibility index (Phi) is 3.97. The first-order valence-electron chi connectivity index (χ1n) is 4.73. The van der Waals surface area contributed by atoms with Gasteiger partial charge in [-0.3, -0.25) is 4.79 Å². The van der Waals surface area contributed by atoms with Crippen LogP contribution in [0.1, 0.15) is 29.4 Å². The number of nitrogens with two attached hydrogens (primary N) is 1. The summed E-state index contributed by atoms with van der Waals surface area (Å²) in [6, 6.07) is -0.635. The summed E-state index contributed by atoms with van der Waals surface area (Å²) in [5.41, 5.74) is 5.94. The average molecular weight is 243 g/mol. The summed E-state index contributed by atoms with van der Waals surface area (Å²) in [4.78, 5) is 22.4. The van der Waals surface area contributed by atoms with Crippen LogP contribution in [0, 0.1) is 6.92 Å². The summed E-state index contributed by atoms with van der Waals surface area (Å²) in [6.45, 7) is 3.36. The van der Waals surface area contributed by atoms with Gasteiger partial charge in [0.05, 0.1) is 11.7 Å². The lowest BCUT2D eigenvalue weighted by molar-refractivity contribution is -0.117. The minimum absolute atomic E-state index is 0.0293. The molecular weight excluding hydrogens is 230 g/mol. The minimum Gasteiger partial charge on any atom is -0.478 e. The number of carboxylic acids is 1. The van der Waals surface area contributed by atoms with Gasteiger partial charge >= 0.3 is 5.97 Å². The number of nitrogens with zero attached hydrogens (tertiary/aromatic N) is 1. The van der Waals surface area contributed by atoms with Gasteiger partial charge in [0.1, 0.15) is 10.6 Å². The maximum Gasteiger partial charge on any atom is 0.340 e. The normalized spacial score (nSPS) is 12.2. The van der Waals surface area contributed by atoms with Gasteiger partial charge in [-0.25, -0.2) is 4.79 Å². The van der Waals surface area contributed by atoms with Crippen molar-refractivity contribution >= 4 is 28.4 Å². The number of carbonyl (C=O) groups is 2. The van der Waals surface area contributed by atoms with Crippen LogP contribution in [0.3, 0.4) is 0 Å². The lowest BCUT2D eigenvalue weighted by Crippen LogP contribution is -2.34. The highest BCUT2D eigenvalue weighted by molar-refractivity contribution is 7.11. The predicted molar refractivity (Wildman–Crippen MR) is 60.7 cm³/mol. The van der Waals surface area contributed by atoms with E-state index in [9.17, 15) is 9.59 Å². The van der Waals surface area contributed by atoms with Gasteiger partial charge in [-0.1, -0.05) is 6.92 Å². The Morgan fingerprint density at radius 3 is 2.75 bits per heavy atom. The highest BCUT2D eigenvalue weighted by Gasteiger charge is 2.20. The zero-order chi connectivity index (χ0) is 12.3. The molecule has 88 valence electrons. The number of hydrogen-bond donors (Lipinski definition) is 3. The van der Waals surface area contributed by atoms with Gasteiger partial charge in [0.25, 0.3) is 0 Å². The van der Waals surface area contributed by atoms with E-state index in [1.165, 1.54) is 0 Å². The second-order valence-electron chi connectivity index (χ2n) is 3.28. The van der Waals surface area contributed by atoms with Crippen molar-refractivity contribution in [1.29, 1.82) is 0 Å². The molecule has 1 aromatic heterocycles. The smallest absolute Gasteiger partial charge is 0.340 e. The molecule has 0 spiro atoms. The van der Waals surface area contributed by atoms with Gasteiger partial charge in [-0.05, 0) is 24.9 Å². The van der Waals surface area contributed by atoms with E-state index in [1.807, 2.05) is 0 Å². The summed E-state index contributed by atoms with van der Waals surface area (Å²) in [5.74, 6) is -1.50. The summed E-state index contributed by atoms with van der Waals surface area (Å²) in [6.07, 6.45) is 0.492. The fraction of sp³-hybridized carbons (Fsp3) is 0.444. The molecule has 0 bridgehead atoms. The largest absolute Gasteiger partial charge is 0.478 e. The van der Waals surface area contributed by atoms with E-state index in [-0.39, 0.29) is 10.6 Å². The maximum atomic E-state index is 11.5. The van der Waals surface area contributed by atoms with Crippen LogP contribution >= 0.6 is 11.5 Å². The first-order valence-corrected chi connectivity index (χ1v) is 5.50. The molecule has 0 aliphatic carbocycles. The quantitative estimate of drug-likeness (QED) is 0.726. The Balaban J connectivity index is 2.90. The van der Waals surface area contributed by atoms with E-state index in [1.54, 1.807) is 13.8 Å². The molecule has 0 aliphatic rings. The van der Waals surface area contributed by atoms with Crippen molar-refractivity contribution < 1.29 is 14.7 Å². The number of carbonyl (C=O) groups excluding carboxylic acids is 1. The average Bonchev–Trinajstić information content (AvgIpc) is 2.58. The number of rotatable bonds is 4. The Morgan fingerprint density at radius 2 is 2.25 bits per heavy atom. The fourth-order valence-electron chi connectivity index (χ4n) is 1.10. The minimum atomic E-state index is -1.10. The molecule has 1 rings (SSSR count). The zero-order valence-corrected chi connectivity index (χ0v) is 9.80. The molecule has 0 fully saturated rings. The number of aromatic carboxylic acids is 1. The third-order valence-electron chi connectivity index (χ3n) is 2.09. The molecular formula is C9H13N3O3S. The van der Waals surface area contributed by atoms with Crippen LogP contribution in [0.5, 0.6) is 0 Å². The number of amides is 1. The van der Waals surface area contributed by atoms with E-state index >= 15 is 0 Å². The summed E-state index contributed by atoms with van der Waals surface area (Å²) < 4.78 is 3.88. The third-order valence-corrected chi connectivity index (χ3v) is 2.94. The molecule has 16 heavy (non-hydrogen) atoms. The SMILES string of the molecule is CC[C@H](N)C(=O)Nc1snc(C)c1C(=O)O. The number of nitrogens with one attached hydrogen (secondary N) is 1. The number of carboxylic acid groups (broad SMARTS) is 1. The van der Waals surface area contributed by atoms with Gasteiger partial charge in [-0.15, -0.1) is 0 Å². The highest BCUT2D eigenvalue weighted by atomic mass is 32.1. The van der Waals surface area contributed by atoms with Crippen molar-refractivity contribution in [2.45, 2.75) is 26.3 Å². The van der Waals surface area contributed by atoms with Crippen LogP contribution in [0.4, 0.5) is 5.00 Å². The van der Waals surface area contributed by atoms with Crippen molar-refractivity contribution in [3.8, 4) is 0 Å². The molecule has 4 N–H and O–H groups in total. The van der Waals surface area contributed by atoms with Crippen LogP contribution in [0.15, 0.2) is 0 Å². The first-order chi connectivity index (χ1) is 7.47. The number of aromatic nitrogens is 1. The Labute approximate surface area is 96.6 Å². The second kappa shape index (κ2) is 5.04. The second-order valence-corrected chi connectivity index (χ2v) is 4.05. The maximum absolute atomic E-state index is 11.5. The molecule has 1 atom stereocenters. The van der Waals surface area contributed by atoms with Crippen LogP contribution < -0.4 is 11.1 Å². The first kappa shape index (κ1) is 12.6. The lowest BCUT2D eigenvalue weighted by atomic mass is 10.2. The zero-order valence-electron chi connectivity index (χ0n) is 8.98. The van der Waals surface area contributed by atoms with E-state index in [2.05, 4.69) is 9.69 Å². The molecule has 1 amide bonds.